The zero-order valence-corrected chi connectivity index (χ0v) is 45.3. The fraction of sp³-hybridized carbons (Fsp3) is 0.907. The molecule has 3 amide bonds. The summed E-state index contributed by atoms with van der Waals surface area (Å²) < 4.78 is 5.56. The van der Waals surface area contributed by atoms with E-state index in [0.717, 1.165) is 86.5 Å². The Labute approximate surface area is 406 Å². The first-order valence-corrected chi connectivity index (χ1v) is 29.1. The molecular formula is C54H98N4O5S2. The summed E-state index contributed by atoms with van der Waals surface area (Å²) >= 11 is 0. The van der Waals surface area contributed by atoms with Gasteiger partial charge in [0.2, 0.25) is 5.91 Å². The van der Waals surface area contributed by atoms with Crippen LogP contribution in [0.3, 0.4) is 0 Å². The van der Waals surface area contributed by atoms with Crippen LogP contribution in [0.2, 0.25) is 0 Å². The van der Waals surface area contributed by atoms with E-state index in [2.05, 4.69) is 70.5 Å². The number of nitrogens with zero attached hydrogens (tertiary/aromatic N) is 1. The van der Waals surface area contributed by atoms with Crippen LogP contribution in [-0.2, 0) is 9.53 Å². The number of ether oxygens (including phenoxy) is 1. The van der Waals surface area contributed by atoms with Crippen LogP contribution >= 0.6 is 21.6 Å². The number of carboxylic acid groups (broad SMARTS) is 1. The van der Waals surface area contributed by atoms with Crippen molar-refractivity contribution in [2.75, 3.05) is 31.9 Å². The number of hydrogen-bond donors (Lipinski definition) is 4. The molecule has 0 spiro atoms. The molecule has 0 bridgehead atoms. The summed E-state index contributed by atoms with van der Waals surface area (Å²) in [5.74, 6) is 6.14. The van der Waals surface area contributed by atoms with E-state index < -0.39 is 17.2 Å². The second kappa shape index (κ2) is 25.3. The monoisotopic (exact) mass is 947 g/mol. The Hall–Kier alpha value is -1.59. The second-order valence-corrected chi connectivity index (χ2v) is 26.0. The Kier molecular flexibility index (Phi) is 21.8. The fourth-order valence-corrected chi connectivity index (χ4v) is 15.9. The lowest BCUT2D eigenvalue weighted by atomic mass is 9.47. The third-order valence-corrected chi connectivity index (χ3v) is 20.6. The van der Waals surface area contributed by atoms with E-state index in [0.29, 0.717) is 54.9 Å². The standard InChI is InChI=1S/C54H98N4O5S2/c1-13-53(14-2,57-49(62)63-50(8,9)10)31-34-55-33-17-18-35-58(36-32-54(15-3,16-4)56-48(60)61)47(59)28-37-64-65-42-26-29-51(11)41(38-42)22-23-43-45-25-24-44(40(7)21-19-20-39(5)6)52(45,12)30-27-46(43)51/h22,39-40,42-46,55-56H,13-21,23-38H2,1-12H3,(H,57,62)(H,60,61)/t40-,42+,43+,44-,45+,46+,51+,52-/m1/s1. The molecule has 0 aliphatic heterocycles. The number of allylic oxidation sites excluding steroid dienone is 2. The minimum Gasteiger partial charge on any atom is -0.465 e. The van der Waals surface area contributed by atoms with E-state index in [4.69, 9.17) is 4.74 Å². The maximum Gasteiger partial charge on any atom is 0.408 e. The number of alkyl carbamates (subject to hydrolysis) is 1. The highest BCUT2D eigenvalue weighted by Gasteiger charge is 2.59. The molecule has 4 aliphatic carbocycles. The molecule has 0 saturated heterocycles. The number of fused-ring (bicyclic) bond motifs is 5. The van der Waals surface area contributed by atoms with Crippen molar-refractivity contribution < 1.29 is 24.2 Å². The van der Waals surface area contributed by atoms with Crippen molar-refractivity contribution in [3.63, 3.8) is 0 Å². The van der Waals surface area contributed by atoms with Gasteiger partial charge in [0.15, 0.2) is 0 Å². The molecule has 0 aromatic heterocycles. The van der Waals surface area contributed by atoms with E-state index in [1.807, 2.05) is 61.1 Å². The van der Waals surface area contributed by atoms with Crippen molar-refractivity contribution in [2.24, 2.45) is 46.3 Å². The van der Waals surface area contributed by atoms with Gasteiger partial charge in [-0.05, 0) is 183 Å². The smallest absolute Gasteiger partial charge is 0.408 e. The zero-order valence-electron chi connectivity index (χ0n) is 43.6. The van der Waals surface area contributed by atoms with Crippen LogP contribution in [0.1, 0.15) is 212 Å². The fourth-order valence-electron chi connectivity index (χ4n) is 13.3. The molecule has 8 atom stereocenters. The van der Waals surface area contributed by atoms with E-state index in [1.54, 1.807) is 5.57 Å². The van der Waals surface area contributed by atoms with Crippen molar-refractivity contribution in [3.05, 3.63) is 11.6 Å². The van der Waals surface area contributed by atoms with Crippen molar-refractivity contribution in [1.82, 2.24) is 20.9 Å². The van der Waals surface area contributed by atoms with Crippen LogP contribution in [-0.4, -0.2) is 82.0 Å². The Morgan fingerprint density at radius 3 is 2.18 bits per heavy atom. The van der Waals surface area contributed by atoms with Gasteiger partial charge in [-0.3, -0.25) is 4.79 Å². The summed E-state index contributed by atoms with van der Waals surface area (Å²) in [6, 6.07) is 0. The second-order valence-electron chi connectivity index (χ2n) is 23.2. The predicted molar refractivity (Wildman–Crippen MR) is 277 cm³/mol. The minimum atomic E-state index is -1.00. The van der Waals surface area contributed by atoms with Crippen LogP contribution in [0.4, 0.5) is 9.59 Å². The van der Waals surface area contributed by atoms with Crippen LogP contribution in [0.15, 0.2) is 11.6 Å². The molecule has 11 heteroatoms. The molecule has 0 aromatic rings. The average molecular weight is 948 g/mol. The molecule has 4 rings (SSSR count). The number of hydrogen-bond acceptors (Lipinski definition) is 7. The Balaban J connectivity index is 1.26. The molecule has 0 radical (unpaired) electrons. The van der Waals surface area contributed by atoms with Crippen molar-refractivity contribution >= 4 is 39.7 Å². The summed E-state index contributed by atoms with van der Waals surface area (Å²) in [6.07, 6.45) is 23.1. The third-order valence-electron chi connectivity index (χ3n) is 17.7. The van der Waals surface area contributed by atoms with Gasteiger partial charge in [0, 0.05) is 41.6 Å². The van der Waals surface area contributed by atoms with Crippen LogP contribution in [0.5, 0.6) is 0 Å². The van der Waals surface area contributed by atoms with Crippen molar-refractivity contribution in [2.45, 2.75) is 233 Å². The van der Waals surface area contributed by atoms with E-state index in [1.165, 1.54) is 70.6 Å². The first kappa shape index (κ1) is 56.0. The van der Waals surface area contributed by atoms with Gasteiger partial charge < -0.3 is 30.7 Å². The summed E-state index contributed by atoms with van der Waals surface area (Å²) in [6.45, 7) is 29.4. The molecule has 4 N–H and O–H groups in total. The van der Waals surface area contributed by atoms with E-state index >= 15 is 0 Å². The third kappa shape index (κ3) is 15.5. The summed E-state index contributed by atoms with van der Waals surface area (Å²) in [5.41, 5.74) is 1.23. The molecule has 9 nitrogen and oxygen atoms in total. The van der Waals surface area contributed by atoms with Gasteiger partial charge in [-0.25, -0.2) is 9.59 Å². The molecule has 376 valence electrons. The SMILES string of the molecule is CCC(CC)(CCN(CCCCNCCC(CC)(CC)NC(=O)OC(C)(C)C)C(=O)CCSS[C@H]1CC[C@@]2(C)C(=CC[C@H]3[C@@H]4CC[C@H]([C@H](C)CCCC(C)C)[C@@]4(C)CC[C@@H]32)C1)NC(=O)O. The minimum absolute atomic E-state index is 0.173. The highest BCUT2D eigenvalue weighted by atomic mass is 33.1. The number of nitrogens with one attached hydrogen (secondary N) is 3. The summed E-state index contributed by atoms with van der Waals surface area (Å²) in [5, 5.41) is 19.8. The van der Waals surface area contributed by atoms with Gasteiger partial charge in [-0.1, -0.05) is 115 Å². The average Bonchev–Trinajstić information content (AvgIpc) is 3.61. The number of carbonyl (C=O) groups excluding carboxylic acids is 2. The normalized spacial score (nSPS) is 27.3. The Bertz CT molecular complexity index is 1530. The van der Waals surface area contributed by atoms with E-state index in [-0.39, 0.29) is 17.5 Å². The first-order chi connectivity index (χ1) is 30.7. The van der Waals surface area contributed by atoms with Gasteiger partial charge in [0.05, 0.1) is 0 Å². The van der Waals surface area contributed by atoms with Crippen LogP contribution in [0.25, 0.3) is 0 Å². The molecule has 0 aromatic carbocycles. The highest BCUT2D eigenvalue weighted by Crippen LogP contribution is 2.67. The zero-order chi connectivity index (χ0) is 48.1. The molecular weight excluding hydrogens is 849 g/mol. The molecule has 3 saturated carbocycles. The Morgan fingerprint density at radius 2 is 1.54 bits per heavy atom. The molecule has 0 heterocycles. The van der Waals surface area contributed by atoms with Gasteiger partial charge >= 0.3 is 12.2 Å². The topological polar surface area (TPSA) is 120 Å². The van der Waals surface area contributed by atoms with Gasteiger partial charge in [-0.2, -0.15) is 0 Å². The van der Waals surface area contributed by atoms with Crippen LogP contribution < -0.4 is 16.0 Å². The first-order valence-electron chi connectivity index (χ1n) is 26.7. The number of carbonyl (C=O) groups is 3. The predicted octanol–water partition coefficient (Wildman–Crippen LogP) is 14.1. The van der Waals surface area contributed by atoms with Crippen molar-refractivity contribution in [3.8, 4) is 0 Å². The maximum absolute atomic E-state index is 13.9. The molecule has 65 heavy (non-hydrogen) atoms. The lowest BCUT2D eigenvalue weighted by molar-refractivity contribution is -0.131. The highest BCUT2D eigenvalue weighted by molar-refractivity contribution is 8.76. The van der Waals surface area contributed by atoms with Gasteiger partial charge in [0.1, 0.15) is 5.60 Å². The maximum atomic E-state index is 13.9. The quantitative estimate of drug-likeness (QED) is 0.0365. The molecule has 3 fully saturated rings. The summed E-state index contributed by atoms with van der Waals surface area (Å²) in [7, 11) is 3.91. The van der Waals surface area contributed by atoms with Crippen LogP contribution in [0, 0.1) is 46.3 Å². The largest absolute Gasteiger partial charge is 0.465 e. The number of amides is 3. The lowest BCUT2D eigenvalue weighted by Crippen LogP contribution is -2.50. The number of unbranched alkanes of at least 4 members (excludes halogenated alkanes) is 1. The number of rotatable bonds is 27. The van der Waals surface area contributed by atoms with Gasteiger partial charge in [-0.15, -0.1) is 0 Å². The summed E-state index contributed by atoms with van der Waals surface area (Å²) in [4.78, 5) is 40.3. The Morgan fingerprint density at radius 1 is 0.846 bits per heavy atom. The molecule has 4 aliphatic rings. The molecule has 0 unspecified atom stereocenters. The lowest BCUT2D eigenvalue weighted by Gasteiger charge is -2.58. The van der Waals surface area contributed by atoms with E-state index in [9.17, 15) is 19.5 Å². The van der Waals surface area contributed by atoms with Gasteiger partial charge in [0.25, 0.3) is 0 Å². The van der Waals surface area contributed by atoms with Crippen molar-refractivity contribution in [1.29, 1.82) is 0 Å².